The molecule has 1 aliphatic heterocycles. The van der Waals surface area contributed by atoms with E-state index >= 15 is 0 Å². The van der Waals surface area contributed by atoms with Gasteiger partial charge in [-0.05, 0) is 42.7 Å². The molecule has 0 saturated heterocycles. The van der Waals surface area contributed by atoms with Crippen molar-refractivity contribution in [3.63, 3.8) is 0 Å². The Balaban J connectivity index is 1.86. The number of anilines is 1. The minimum atomic E-state index is -0.0680. The lowest BCUT2D eigenvalue weighted by molar-refractivity contribution is 0.144. The first-order valence-electron chi connectivity index (χ1n) is 7.97. The van der Waals surface area contributed by atoms with Crippen molar-refractivity contribution in [1.29, 1.82) is 0 Å². The van der Waals surface area contributed by atoms with Crippen LogP contribution >= 0.6 is 11.6 Å². The number of amides is 2. The summed E-state index contributed by atoms with van der Waals surface area (Å²) in [4.78, 5) is 14.8. The van der Waals surface area contributed by atoms with Crippen LogP contribution in [0.4, 0.5) is 10.5 Å². The second kappa shape index (κ2) is 6.28. The molecule has 1 aromatic carbocycles. The maximum atomic E-state index is 12.8. The number of hydrogen-bond donors (Lipinski definition) is 1. The summed E-state index contributed by atoms with van der Waals surface area (Å²) >= 11 is 6.15. The lowest BCUT2D eigenvalue weighted by atomic mass is 9.97. The number of hydrogen-bond acceptors (Lipinski definition) is 1. The van der Waals surface area contributed by atoms with E-state index in [4.69, 9.17) is 11.6 Å². The first kappa shape index (κ1) is 15.9. The van der Waals surface area contributed by atoms with Crippen LogP contribution in [0, 0.1) is 12.8 Å². The molecule has 122 valence electrons. The van der Waals surface area contributed by atoms with E-state index in [-0.39, 0.29) is 12.1 Å². The van der Waals surface area contributed by atoms with E-state index in [1.165, 1.54) is 5.69 Å². The molecule has 0 spiro atoms. The van der Waals surface area contributed by atoms with Crippen LogP contribution in [-0.2, 0) is 6.54 Å². The molecule has 1 aromatic heterocycles. The van der Waals surface area contributed by atoms with Gasteiger partial charge < -0.3 is 14.8 Å². The molecule has 0 saturated carbocycles. The number of nitrogens with one attached hydrogen (secondary N) is 1. The normalized spacial score (nSPS) is 17.3. The summed E-state index contributed by atoms with van der Waals surface area (Å²) in [5.41, 5.74) is 2.86. The van der Waals surface area contributed by atoms with Gasteiger partial charge in [-0.1, -0.05) is 31.5 Å². The van der Waals surface area contributed by atoms with E-state index in [0.29, 0.717) is 17.5 Å². The van der Waals surface area contributed by atoms with Crippen molar-refractivity contribution in [1.82, 2.24) is 9.47 Å². The van der Waals surface area contributed by atoms with E-state index in [0.717, 1.165) is 17.8 Å². The summed E-state index contributed by atoms with van der Waals surface area (Å²) in [6.07, 6.45) is 2.08. The number of benzene rings is 1. The second-order valence-electron chi connectivity index (χ2n) is 6.35. The van der Waals surface area contributed by atoms with Gasteiger partial charge in [0.05, 0.1) is 6.04 Å². The fraction of sp³-hybridized carbons (Fsp3) is 0.389. The minimum absolute atomic E-state index is 0.0680. The van der Waals surface area contributed by atoms with Crippen molar-refractivity contribution in [3.05, 3.63) is 52.8 Å². The summed E-state index contributed by atoms with van der Waals surface area (Å²) in [5.74, 6) is 0.343. The van der Waals surface area contributed by atoms with E-state index in [1.807, 2.05) is 36.1 Å². The van der Waals surface area contributed by atoms with Gasteiger partial charge in [0.1, 0.15) is 0 Å². The molecule has 0 unspecified atom stereocenters. The molecule has 3 rings (SSSR count). The number of carbonyl (C=O) groups is 1. The fourth-order valence-corrected chi connectivity index (χ4v) is 3.45. The van der Waals surface area contributed by atoms with Gasteiger partial charge in [-0.3, -0.25) is 0 Å². The Labute approximate surface area is 142 Å². The monoisotopic (exact) mass is 331 g/mol. The third kappa shape index (κ3) is 2.95. The Kier molecular flexibility index (Phi) is 4.35. The average molecular weight is 332 g/mol. The van der Waals surface area contributed by atoms with Crippen molar-refractivity contribution >= 4 is 23.3 Å². The number of rotatable bonds is 2. The van der Waals surface area contributed by atoms with E-state index in [2.05, 4.69) is 36.0 Å². The molecular weight excluding hydrogens is 310 g/mol. The Morgan fingerprint density at radius 3 is 2.78 bits per heavy atom. The molecular formula is C18H22ClN3O. The molecule has 0 radical (unpaired) electrons. The lowest BCUT2D eigenvalue weighted by Gasteiger charge is -2.39. The molecule has 2 heterocycles. The van der Waals surface area contributed by atoms with Crippen LogP contribution in [0.1, 0.15) is 31.1 Å². The van der Waals surface area contributed by atoms with E-state index < -0.39 is 0 Å². The van der Waals surface area contributed by atoms with Gasteiger partial charge in [-0.25, -0.2) is 4.79 Å². The number of urea groups is 1. The van der Waals surface area contributed by atoms with Gasteiger partial charge >= 0.3 is 6.03 Å². The third-order valence-electron chi connectivity index (χ3n) is 4.49. The topological polar surface area (TPSA) is 37.3 Å². The summed E-state index contributed by atoms with van der Waals surface area (Å²) in [6.45, 7) is 7.75. The number of fused-ring (bicyclic) bond motifs is 1. The molecule has 2 aromatic rings. The number of carbonyl (C=O) groups excluding carboxylic acids is 1. The molecule has 23 heavy (non-hydrogen) atoms. The van der Waals surface area contributed by atoms with E-state index in [1.54, 1.807) is 0 Å². The Hall–Kier alpha value is -1.94. The quantitative estimate of drug-likeness (QED) is 0.851. The summed E-state index contributed by atoms with van der Waals surface area (Å²) < 4.78 is 2.24. The predicted molar refractivity (Wildman–Crippen MR) is 93.9 cm³/mol. The van der Waals surface area contributed by atoms with Crippen molar-refractivity contribution in [3.8, 4) is 0 Å². The van der Waals surface area contributed by atoms with Crippen LogP contribution in [0.25, 0.3) is 0 Å². The molecule has 0 bridgehead atoms. The van der Waals surface area contributed by atoms with Gasteiger partial charge in [-0.15, -0.1) is 0 Å². The van der Waals surface area contributed by atoms with Crippen LogP contribution in [0.5, 0.6) is 0 Å². The summed E-state index contributed by atoms with van der Waals surface area (Å²) in [5, 5.41) is 3.68. The first-order valence-corrected chi connectivity index (χ1v) is 8.34. The molecule has 1 aliphatic rings. The SMILES string of the molecule is Cc1c(Cl)cccc1NC(=O)N1CCn2cccc2[C@H]1C(C)C. The predicted octanol–water partition coefficient (Wildman–Crippen LogP) is 4.69. The maximum absolute atomic E-state index is 12.8. The third-order valence-corrected chi connectivity index (χ3v) is 4.90. The highest BCUT2D eigenvalue weighted by molar-refractivity contribution is 6.31. The second-order valence-corrected chi connectivity index (χ2v) is 6.76. The van der Waals surface area contributed by atoms with Crippen LogP contribution < -0.4 is 5.32 Å². The van der Waals surface area contributed by atoms with Crippen LogP contribution in [-0.4, -0.2) is 22.0 Å². The molecule has 4 nitrogen and oxygen atoms in total. The molecule has 2 amide bonds. The molecule has 1 N–H and O–H groups in total. The van der Waals surface area contributed by atoms with Gasteiger partial charge in [0.25, 0.3) is 0 Å². The van der Waals surface area contributed by atoms with Crippen LogP contribution in [0.2, 0.25) is 5.02 Å². The standard InChI is InChI=1S/C18H22ClN3O/c1-12(2)17-16-8-5-9-21(16)10-11-22(17)18(23)20-15-7-4-6-14(19)13(15)3/h4-9,12,17H,10-11H2,1-3H3,(H,20,23)/t17-/m1/s1. The van der Waals surface area contributed by atoms with Crippen molar-refractivity contribution in [2.75, 3.05) is 11.9 Å². The zero-order valence-electron chi connectivity index (χ0n) is 13.7. The highest BCUT2D eigenvalue weighted by Crippen LogP contribution is 2.33. The first-order chi connectivity index (χ1) is 11.0. The number of nitrogens with zero attached hydrogens (tertiary/aromatic N) is 2. The van der Waals surface area contributed by atoms with Gasteiger partial charge in [0.2, 0.25) is 0 Å². The zero-order valence-corrected chi connectivity index (χ0v) is 14.5. The fourth-order valence-electron chi connectivity index (χ4n) is 3.27. The van der Waals surface area contributed by atoms with Gasteiger partial charge in [0.15, 0.2) is 0 Å². The Morgan fingerprint density at radius 2 is 2.04 bits per heavy atom. The number of halogens is 1. The highest BCUT2D eigenvalue weighted by atomic mass is 35.5. The van der Waals surface area contributed by atoms with Gasteiger partial charge in [-0.2, -0.15) is 0 Å². The molecule has 0 fully saturated rings. The van der Waals surface area contributed by atoms with E-state index in [9.17, 15) is 4.79 Å². The summed E-state index contributed by atoms with van der Waals surface area (Å²) in [6, 6.07) is 9.74. The highest BCUT2D eigenvalue weighted by Gasteiger charge is 2.33. The van der Waals surface area contributed by atoms with Gasteiger partial charge in [0, 0.05) is 35.7 Å². The Bertz CT molecular complexity index is 723. The maximum Gasteiger partial charge on any atom is 0.322 e. The van der Waals surface area contributed by atoms with Crippen molar-refractivity contribution < 1.29 is 4.79 Å². The lowest BCUT2D eigenvalue weighted by Crippen LogP contribution is -2.45. The Morgan fingerprint density at radius 1 is 1.26 bits per heavy atom. The van der Waals surface area contributed by atoms with Crippen molar-refractivity contribution in [2.24, 2.45) is 5.92 Å². The van der Waals surface area contributed by atoms with Crippen LogP contribution in [0.15, 0.2) is 36.5 Å². The zero-order chi connectivity index (χ0) is 16.6. The number of aromatic nitrogens is 1. The molecule has 1 atom stereocenters. The smallest absolute Gasteiger partial charge is 0.322 e. The minimum Gasteiger partial charge on any atom is -0.348 e. The van der Waals surface area contributed by atoms with Crippen LogP contribution in [0.3, 0.4) is 0 Å². The molecule has 0 aliphatic carbocycles. The summed E-state index contributed by atoms with van der Waals surface area (Å²) in [7, 11) is 0. The average Bonchev–Trinajstić information content (AvgIpc) is 2.98. The molecule has 5 heteroatoms. The largest absolute Gasteiger partial charge is 0.348 e. The van der Waals surface area contributed by atoms with Crippen molar-refractivity contribution in [2.45, 2.75) is 33.4 Å².